The van der Waals surface area contributed by atoms with E-state index in [1.54, 1.807) is 0 Å². The average molecular weight is 466 g/mol. The number of rotatable bonds is 11. The Kier molecular flexibility index (Phi) is 8.79. The quantitative estimate of drug-likeness (QED) is 0.258. The summed E-state index contributed by atoms with van der Waals surface area (Å²) in [5.41, 5.74) is 5.17. The van der Waals surface area contributed by atoms with Crippen LogP contribution in [0.5, 0.6) is 0 Å². The zero-order chi connectivity index (χ0) is 24.0. The molecular formula is C22H36FN7O3. The van der Waals surface area contributed by atoms with Gasteiger partial charge in [0.1, 0.15) is 5.82 Å². The first-order chi connectivity index (χ1) is 15.8. The second-order valence-corrected chi connectivity index (χ2v) is 9.26. The van der Waals surface area contributed by atoms with Gasteiger partial charge < -0.3 is 9.80 Å². The number of anilines is 2. The molecule has 1 aliphatic carbocycles. The fourth-order valence-corrected chi connectivity index (χ4v) is 4.69. The van der Waals surface area contributed by atoms with Crippen LogP contribution in [0.4, 0.5) is 16.0 Å². The topological polar surface area (TPSA) is 114 Å². The second-order valence-electron chi connectivity index (χ2n) is 9.26. The normalized spacial score (nSPS) is 19.7. The first-order valence-corrected chi connectivity index (χ1v) is 11.8. The Morgan fingerprint density at radius 2 is 2.03 bits per heavy atom. The van der Waals surface area contributed by atoms with Crippen molar-refractivity contribution >= 4 is 24.0 Å². The summed E-state index contributed by atoms with van der Waals surface area (Å²) in [6, 6.07) is 0.316. The van der Waals surface area contributed by atoms with Crippen LogP contribution in [-0.4, -0.2) is 77.2 Å². The van der Waals surface area contributed by atoms with Crippen LogP contribution in [0.1, 0.15) is 51.3 Å². The van der Waals surface area contributed by atoms with E-state index in [4.69, 9.17) is 0 Å². The third-order valence-corrected chi connectivity index (χ3v) is 6.69. The van der Waals surface area contributed by atoms with Gasteiger partial charge >= 0.3 is 0 Å². The number of hydrogen-bond donors (Lipinski definition) is 3. The van der Waals surface area contributed by atoms with E-state index < -0.39 is 17.6 Å². The first kappa shape index (κ1) is 25.1. The summed E-state index contributed by atoms with van der Waals surface area (Å²) in [5, 5.41) is 10.1. The van der Waals surface area contributed by atoms with E-state index in [0.717, 1.165) is 32.1 Å². The van der Waals surface area contributed by atoms with Gasteiger partial charge in [0, 0.05) is 25.6 Å². The minimum absolute atomic E-state index is 0.0886. The van der Waals surface area contributed by atoms with Gasteiger partial charge in [0.25, 0.3) is 0 Å². The van der Waals surface area contributed by atoms with Gasteiger partial charge in [0.15, 0.2) is 11.6 Å². The monoisotopic (exact) mass is 465 g/mol. The van der Waals surface area contributed by atoms with E-state index in [-0.39, 0.29) is 24.6 Å². The van der Waals surface area contributed by atoms with Crippen LogP contribution in [0, 0.1) is 17.7 Å². The van der Waals surface area contributed by atoms with Gasteiger partial charge in [-0.25, -0.2) is 15.0 Å². The number of hydrogen-bond acceptors (Lipinski definition) is 8. The van der Waals surface area contributed by atoms with Gasteiger partial charge in [-0.05, 0) is 32.9 Å². The van der Waals surface area contributed by atoms with E-state index in [1.807, 2.05) is 25.9 Å². The van der Waals surface area contributed by atoms with Gasteiger partial charge in [0.05, 0.1) is 12.5 Å². The molecule has 0 unspecified atom stereocenters. The molecule has 2 aliphatic rings. The van der Waals surface area contributed by atoms with Crippen molar-refractivity contribution in [2.75, 3.05) is 44.1 Å². The van der Waals surface area contributed by atoms with Crippen molar-refractivity contribution in [1.82, 2.24) is 25.4 Å². The maximum absolute atomic E-state index is 15.3. The van der Waals surface area contributed by atoms with Crippen molar-refractivity contribution < 1.29 is 19.2 Å². The summed E-state index contributed by atoms with van der Waals surface area (Å²) >= 11 is 0. The number of nitrogens with one attached hydrogen (secondary N) is 2. The molecule has 1 aliphatic heterocycles. The summed E-state index contributed by atoms with van der Waals surface area (Å²) in [7, 11) is 4.01. The van der Waals surface area contributed by atoms with Gasteiger partial charge in [-0.2, -0.15) is 4.39 Å². The molecule has 33 heavy (non-hydrogen) atoms. The van der Waals surface area contributed by atoms with Crippen molar-refractivity contribution in [1.29, 1.82) is 0 Å². The summed E-state index contributed by atoms with van der Waals surface area (Å²) < 4.78 is 15.3. The highest BCUT2D eigenvalue weighted by Gasteiger charge is 2.30. The minimum atomic E-state index is -0.620. The molecule has 184 valence electrons. The van der Waals surface area contributed by atoms with Crippen molar-refractivity contribution in [2.45, 2.75) is 57.9 Å². The highest BCUT2D eigenvalue weighted by Crippen LogP contribution is 2.31. The first-order valence-electron chi connectivity index (χ1n) is 11.8. The highest BCUT2D eigenvalue weighted by molar-refractivity contribution is 5.80. The van der Waals surface area contributed by atoms with Crippen molar-refractivity contribution in [2.24, 2.45) is 11.8 Å². The van der Waals surface area contributed by atoms with Crippen molar-refractivity contribution in [3.05, 3.63) is 11.6 Å². The van der Waals surface area contributed by atoms with Crippen LogP contribution < -0.4 is 15.8 Å². The number of hydrazine groups is 1. The number of carbonyl (C=O) groups excluding carboxylic acids is 2. The van der Waals surface area contributed by atoms with Crippen LogP contribution >= 0.6 is 0 Å². The van der Waals surface area contributed by atoms with E-state index in [0.29, 0.717) is 48.8 Å². The zero-order valence-electron chi connectivity index (χ0n) is 19.8. The lowest BCUT2D eigenvalue weighted by atomic mass is 9.92. The summed E-state index contributed by atoms with van der Waals surface area (Å²) in [4.78, 5) is 36.4. The number of nitrogens with zero attached hydrogens (tertiary/aromatic N) is 5. The number of amides is 2. The number of carbonyl (C=O) groups is 2. The van der Waals surface area contributed by atoms with E-state index in [9.17, 15) is 14.8 Å². The molecule has 2 fully saturated rings. The second kappa shape index (κ2) is 11.6. The van der Waals surface area contributed by atoms with E-state index in [1.165, 1.54) is 0 Å². The lowest BCUT2D eigenvalue weighted by molar-refractivity contribution is -0.154. The van der Waals surface area contributed by atoms with E-state index in [2.05, 4.69) is 25.7 Å². The van der Waals surface area contributed by atoms with Gasteiger partial charge in [-0.15, -0.1) is 0 Å². The number of likely N-dealkylation sites (N-methyl/N-ethyl adjacent to an activating group) is 1. The van der Waals surface area contributed by atoms with Crippen LogP contribution in [0.15, 0.2) is 0 Å². The Bertz CT molecular complexity index is 819. The number of halogens is 1. The molecule has 2 heterocycles. The molecule has 3 N–H and O–H groups in total. The Morgan fingerprint density at radius 3 is 2.64 bits per heavy atom. The molecular weight excluding hydrogens is 429 g/mol. The van der Waals surface area contributed by atoms with Crippen LogP contribution in [0.3, 0.4) is 0 Å². The molecule has 0 spiro atoms. The van der Waals surface area contributed by atoms with Crippen LogP contribution in [0.2, 0.25) is 0 Å². The predicted octanol–water partition coefficient (Wildman–Crippen LogP) is 1.81. The third kappa shape index (κ3) is 6.50. The van der Waals surface area contributed by atoms with Gasteiger partial charge in [0.2, 0.25) is 18.1 Å². The standard InChI is InChI=1S/C22H36FN7O3/c1-4-18-24-20(19(23)21(25-18)29-10-9-17(13-29)28(2)3)26-27-22(32)16(12-30(33)14-31)11-15-7-5-6-8-15/h14-17,33H,4-13H2,1-3H3,(H,27,32)(H,24,25,26)/t16-,17+/m1/s1. The summed E-state index contributed by atoms with van der Waals surface area (Å²) in [6.07, 6.45) is 6.55. The summed E-state index contributed by atoms with van der Waals surface area (Å²) in [5.74, 6) is -0.672. The van der Waals surface area contributed by atoms with Crippen LogP contribution in [-0.2, 0) is 16.0 Å². The smallest absolute Gasteiger partial charge is 0.243 e. The SMILES string of the molecule is CCc1nc(NNC(=O)[C@H](CC2CCCC2)CN(O)C=O)c(F)c(N2CC[C@H](N(C)C)C2)n1. The average Bonchev–Trinajstić information content (AvgIpc) is 3.50. The molecule has 11 heteroatoms. The Morgan fingerprint density at radius 1 is 1.30 bits per heavy atom. The Balaban J connectivity index is 1.71. The molecule has 1 aromatic rings. The van der Waals surface area contributed by atoms with Crippen LogP contribution in [0.25, 0.3) is 0 Å². The fourth-order valence-electron chi connectivity index (χ4n) is 4.69. The number of hydroxylamine groups is 2. The maximum atomic E-state index is 15.3. The molecule has 1 saturated carbocycles. The third-order valence-electron chi connectivity index (χ3n) is 6.69. The molecule has 0 bridgehead atoms. The summed E-state index contributed by atoms with van der Waals surface area (Å²) in [6.45, 7) is 3.12. The largest absolute Gasteiger partial charge is 0.352 e. The lowest BCUT2D eigenvalue weighted by Gasteiger charge is -2.24. The molecule has 2 atom stereocenters. The van der Waals surface area contributed by atoms with Gasteiger partial charge in [-0.1, -0.05) is 32.6 Å². The fraction of sp³-hybridized carbons (Fsp3) is 0.727. The Hall–Kier alpha value is -2.53. The van der Waals surface area contributed by atoms with Crippen molar-refractivity contribution in [3.63, 3.8) is 0 Å². The molecule has 2 amide bonds. The molecule has 0 radical (unpaired) electrons. The lowest BCUT2D eigenvalue weighted by Crippen LogP contribution is -2.41. The maximum Gasteiger partial charge on any atom is 0.243 e. The van der Waals surface area contributed by atoms with E-state index >= 15 is 4.39 Å². The molecule has 1 saturated heterocycles. The zero-order valence-corrected chi connectivity index (χ0v) is 19.8. The number of aromatic nitrogens is 2. The van der Waals surface area contributed by atoms with Gasteiger partial charge in [-0.3, -0.25) is 25.6 Å². The highest BCUT2D eigenvalue weighted by atomic mass is 19.1. The predicted molar refractivity (Wildman–Crippen MR) is 122 cm³/mol. The number of aryl methyl sites for hydroxylation is 1. The minimum Gasteiger partial charge on any atom is -0.352 e. The molecule has 10 nitrogen and oxygen atoms in total. The van der Waals surface area contributed by atoms with Crippen molar-refractivity contribution in [3.8, 4) is 0 Å². The molecule has 0 aromatic carbocycles. The molecule has 3 rings (SSSR count). The molecule has 1 aromatic heterocycles. The Labute approximate surface area is 194 Å².